The van der Waals surface area contributed by atoms with E-state index in [2.05, 4.69) is 10.3 Å². The summed E-state index contributed by atoms with van der Waals surface area (Å²) in [7, 11) is 0. The molecule has 3 rings (SSSR count). The van der Waals surface area contributed by atoms with Gasteiger partial charge in [-0.3, -0.25) is 14.4 Å². The van der Waals surface area contributed by atoms with Crippen LogP contribution in [0.5, 0.6) is 0 Å². The number of piperazine rings is 1. The quantitative estimate of drug-likeness (QED) is 0.905. The van der Waals surface area contributed by atoms with Crippen molar-refractivity contribution in [1.82, 2.24) is 14.8 Å². The molecule has 8 heteroatoms. The van der Waals surface area contributed by atoms with Crippen LogP contribution in [0.15, 0.2) is 41.1 Å². The van der Waals surface area contributed by atoms with Crippen molar-refractivity contribution in [3.05, 3.63) is 48.0 Å². The van der Waals surface area contributed by atoms with Gasteiger partial charge < -0.3 is 19.5 Å². The van der Waals surface area contributed by atoms with Crippen LogP contribution in [0, 0.1) is 0 Å². The van der Waals surface area contributed by atoms with Gasteiger partial charge in [-0.1, -0.05) is 0 Å². The van der Waals surface area contributed by atoms with E-state index < -0.39 is 0 Å². The van der Waals surface area contributed by atoms with E-state index in [4.69, 9.17) is 4.42 Å². The van der Waals surface area contributed by atoms with Crippen LogP contribution in [0.3, 0.4) is 0 Å². The summed E-state index contributed by atoms with van der Waals surface area (Å²) in [5.74, 6) is 0.0639. The third-order valence-electron chi connectivity index (χ3n) is 3.90. The summed E-state index contributed by atoms with van der Waals surface area (Å²) in [6.07, 6.45) is 2.94. The van der Waals surface area contributed by atoms with Crippen LogP contribution in [0.2, 0.25) is 0 Å². The van der Waals surface area contributed by atoms with Gasteiger partial charge in [0.2, 0.25) is 5.91 Å². The second kappa shape index (κ2) is 7.16. The number of pyridine rings is 1. The molecule has 2 aromatic heterocycles. The van der Waals surface area contributed by atoms with E-state index in [1.54, 1.807) is 34.1 Å². The smallest absolute Gasteiger partial charge is 0.289 e. The second-order valence-electron chi connectivity index (χ2n) is 5.67. The molecule has 1 aliphatic heterocycles. The fourth-order valence-electron chi connectivity index (χ4n) is 2.66. The molecule has 1 aliphatic rings. The molecule has 1 saturated heterocycles. The molecule has 0 unspecified atom stereocenters. The number of nitrogens with one attached hydrogen (secondary N) is 1. The minimum absolute atomic E-state index is 0.154. The fourth-order valence-corrected chi connectivity index (χ4v) is 2.66. The molecule has 0 radical (unpaired) electrons. The number of carbonyl (C=O) groups excluding carboxylic acids is 3. The average molecular weight is 342 g/mol. The SMILES string of the molecule is CC(=O)Nc1cc(C(=O)N2CCN(C(=O)c3ccco3)CC2)ccn1. The third-order valence-corrected chi connectivity index (χ3v) is 3.90. The molecule has 1 fully saturated rings. The maximum Gasteiger partial charge on any atom is 0.289 e. The number of furan rings is 1. The van der Waals surface area contributed by atoms with E-state index in [9.17, 15) is 14.4 Å². The van der Waals surface area contributed by atoms with Crippen molar-refractivity contribution in [3.8, 4) is 0 Å². The van der Waals surface area contributed by atoms with Gasteiger partial charge in [0.25, 0.3) is 11.8 Å². The number of rotatable bonds is 3. The summed E-state index contributed by atoms with van der Waals surface area (Å²) >= 11 is 0. The van der Waals surface area contributed by atoms with E-state index in [1.165, 1.54) is 19.4 Å². The van der Waals surface area contributed by atoms with Crippen molar-refractivity contribution >= 4 is 23.5 Å². The van der Waals surface area contributed by atoms with E-state index in [1.807, 2.05) is 0 Å². The van der Waals surface area contributed by atoms with Crippen molar-refractivity contribution in [2.75, 3.05) is 31.5 Å². The molecule has 8 nitrogen and oxygen atoms in total. The molecule has 1 N–H and O–H groups in total. The Hall–Kier alpha value is -3.16. The van der Waals surface area contributed by atoms with Gasteiger partial charge in [0, 0.05) is 44.9 Å². The predicted octanol–water partition coefficient (Wildman–Crippen LogP) is 1.23. The monoisotopic (exact) mass is 342 g/mol. The first kappa shape index (κ1) is 16.7. The third kappa shape index (κ3) is 3.85. The van der Waals surface area contributed by atoms with Gasteiger partial charge in [0.1, 0.15) is 5.82 Å². The number of carbonyl (C=O) groups is 3. The van der Waals surface area contributed by atoms with E-state index in [0.29, 0.717) is 43.3 Å². The lowest BCUT2D eigenvalue weighted by Crippen LogP contribution is -2.50. The maximum atomic E-state index is 12.6. The molecule has 2 aromatic rings. The van der Waals surface area contributed by atoms with Crippen LogP contribution in [0.25, 0.3) is 0 Å². The highest BCUT2D eigenvalue weighted by atomic mass is 16.3. The summed E-state index contributed by atoms with van der Waals surface area (Å²) in [5, 5.41) is 2.56. The average Bonchev–Trinajstić information content (AvgIpc) is 3.15. The zero-order chi connectivity index (χ0) is 17.8. The zero-order valence-corrected chi connectivity index (χ0v) is 13.8. The summed E-state index contributed by atoms with van der Waals surface area (Å²) in [6.45, 7) is 3.13. The first-order valence-corrected chi connectivity index (χ1v) is 7.90. The normalized spacial score (nSPS) is 14.3. The number of amides is 3. The molecule has 0 bridgehead atoms. The summed E-state index contributed by atoms with van der Waals surface area (Å²) in [4.78, 5) is 43.3. The highest BCUT2D eigenvalue weighted by Crippen LogP contribution is 2.14. The molecular formula is C17H18N4O4. The van der Waals surface area contributed by atoms with Crippen molar-refractivity contribution < 1.29 is 18.8 Å². The lowest BCUT2D eigenvalue weighted by atomic mass is 10.2. The Morgan fingerprint density at radius 2 is 1.76 bits per heavy atom. The topological polar surface area (TPSA) is 95.8 Å². The molecule has 0 aromatic carbocycles. The molecular weight excluding hydrogens is 324 g/mol. The van der Waals surface area contributed by atoms with Gasteiger partial charge in [-0.05, 0) is 24.3 Å². The number of hydrogen-bond acceptors (Lipinski definition) is 5. The standard InChI is InChI=1S/C17H18N4O4/c1-12(22)19-15-11-13(4-5-18-15)16(23)20-6-8-21(9-7-20)17(24)14-3-2-10-25-14/h2-5,10-11H,6-9H2,1H3,(H,18,19,22). The van der Waals surface area contributed by atoms with Crippen LogP contribution < -0.4 is 5.32 Å². The zero-order valence-electron chi connectivity index (χ0n) is 13.8. The number of anilines is 1. The van der Waals surface area contributed by atoms with Gasteiger partial charge in [-0.2, -0.15) is 0 Å². The Morgan fingerprint density at radius 3 is 2.36 bits per heavy atom. The highest BCUT2D eigenvalue weighted by molar-refractivity contribution is 5.96. The Balaban J connectivity index is 1.62. The van der Waals surface area contributed by atoms with Crippen molar-refractivity contribution in [1.29, 1.82) is 0 Å². The van der Waals surface area contributed by atoms with E-state index >= 15 is 0 Å². The Kier molecular flexibility index (Phi) is 4.78. The van der Waals surface area contributed by atoms with Gasteiger partial charge in [0.05, 0.1) is 6.26 Å². The molecule has 0 saturated carbocycles. The molecule has 0 spiro atoms. The summed E-state index contributed by atoms with van der Waals surface area (Å²) in [6, 6.07) is 6.45. The molecule has 3 amide bonds. The molecule has 130 valence electrons. The second-order valence-corrected chi connectivity index (χ2v) is 5.67. The fraction of sp³-hybridized carbons (Fsp3) is 0.294. The lowest BCUT2D eigenvalue weighted by molar-refractivity contribution is -0.114. The van der Waals surface area contributed by atoms with Gasteiger partial charge >= 0.3 is 0 Å². The van der Waals surface area contributed by atoms with Crippen LogP contribution in [0.1, 0.15) is 27.8 Å². The minimum Gasteiger partial charge on any atom is -0.459 e. The number of hydrogen-bond donors (Lipinski definition) is 1. The predicted molar refractivity (Wildman–Crippen MR) is 89.1 cm³/mol. The Morgan fingerprint density at radius 1 is 1.08 bits per heavy atom. The van der Waals surface area contributed by atoms with Gasteiger partial charge in [-0.15, -0.1) is 0 Å². The van der Waals surface area contributed by atoms with E-state index in [-0.39, 0.29) is 17.7 Å². The van der Waals surface area contributed by atoms with Gasteiger partial charge in [0.15, 0.2) is 5.76 Å². The Labute approximate surface area is 144 Å². The van der Waals surface area contributed by atoms with Crippen LogP contribution in [0.4, 0.5) is 5.82 Å². The van der Waals surface area contributed by atoms with Crippen molar-refractivity contribution in [2.24, 2.45) is 0 Å². The van der Waals surface area contributed by atoms with Crippen molar-refractivity contribution in [3.63, 3.8) is 0 Å². The molecule has 0 atom stereocenters. The largest absolute Gasteiger partial charge is 0.459 e. The first-order valence-electron chi connectivity index (χ1n) is 7.90. The summed E-state index contributed by atoms with van der Waals surface area (Å²) < 4.78 is 5.12. The Bertz CT molecular complexity index is 780. The van der Waals surface area contributed by atoms with Gasteiger partial charge in [-0.25, -0.2) is 4.98 Å². The maximum absolute atomic E-state index is 12.6. The minimum atomic E-state index is -0.248. The highest BCUT2D eigenvalue weighted by Gasteiger charge is 2.26. The summed E-state index contributed by atoms with van der Waals surface area (Å²) in [5.41, 5.74) is 0.449. The number of nitrogens with zero attached hydrogens (tertiary/aromatic N) is 3. The van der Waals surface area contributed by atoms with E-state index in [0.717, 1.165) is 0 Å². The van der Waals surface area contributed by atoms with Crippen LogP contribution in [-0.2, 0) is 4.79 Å². The number of aromatic nitrogens is 1. The first-order chi connectivity index (χ1) is 12.0. The molecule has 25 heavy (non-hydrogen) atoms. The van der Waals surface area contributed by atoms with Crippen LogP contribution in [-0.4, -0.2) is 58.7 Å². The van der Waals surface area contributed by atoms with Crippen molar-refractivity contribution in [2.45, 2.75) is 6.92 Å². The molecule has 0 aliphatic carbocycles. The lowest BCUT2D eigenvalue weighted by Gasteiger charge is -2.34. The molecule has 3 heterocycles. The van der Waals surface area contributed by atoms with Crippen LogP contribution >= 0.6 is 0 Å².